The van der Waals surface area contributed by atoms with Crippen molar-refractivity contribution in [1.82, 2.24) is 10.2 Å². The molecule has 5 heteroatoms. The Balaban J connectivity index is 2.64. The van der Waals surface area contributed by atoms with Crippen LogP contribution in [0.2, 0.25) is 0 Å². The zero-order chi connectivity index (χ0) is 11.0. The molecule has 0 unspecified atom stereocenters. The summed E-state index contributed by atoms with van der Waals surface area (Å²) in [5.41, 5.74) is 7.36. The van der Waals surface area contributed by atoms with E-state index in [2.05, 4.69) is 26.1 Å². The third-order valence-electron chi connectivity index (χ3n) is 2.27. The largest absolute Gasteiger partial charge is 0.380 e. The summed E-state index contributed by atoms with van der Waals surface area (Å²) in [7, 11) is 0. The second-order valence-electron chi connectivity index (χ2n) is 3.21. The summed E-state index contributed by atoms with van der Waals surface area (Å²) in [5.74, 6) is -0.611. The molecule has 0 saturated heterocycles. The highest BCUT2D eigenvalue weighted by atomic mass is 79.9. The minimum absolute atomic E-state index is 0.107. The van der Waals surface area contributed by atoms with Gasteiger partial charge in [-0.1, -0.05) is 28.1 Å². The van der Waals surface area contributed by atoms with E-state index in [4.69, 9.17) is 5.73 Å². The van der Waals surface area contributed by atoms with Crippen molar-refractivity contribution in [2.24, 2.45) is 0 Å². The fraction of sp³-hybridized carbons (Fsp3) is 0.100. The number of halogens is 2. The molecule has 1 aromatic heterocycles. The van der Waals surface area contributed by atoms with Crippen molar-refractivity contribution in [2.45, 2.75) is 6.92 Å². The topological polar surface area (TPSA) is 54.7 Å². The van der Waals surface area contributed by atoms with Crippen LogP contribution in [0, 0.1) is 12.7 Å². The second-order valence-corrected chi connectivity index (χ2v) is 4.06. The first kappa shape index (κ1) is 10.2. The molecule has 0 aliphatic carbocycles. The van der Waals surface area contributed by atoms with Crippen LogP contribution < -0.4 is 5.73 Å². The summed E-state index contributed by atoms with van der Waals surface area (Å²) >= 11 is 3.39. The summed E-state index contributed by atoms with van der Waals surface area (Å²) in [6, 6.07) is 5.55. The maximum Gasteiger partial charge on any atom is 0.192 e. The number of H-pyrrole nitrogens is 1. The molecule has 0 aliphatic rings. The molecule has 78 valence electrons. The Labute approximate surface area is 94.6 Å². The van der Waals surface area contributed by atoms with Gasteiger partial charge < -0.3 is 5.73 Å². The van der Waals surface area contributed by atoms with Crippen molar-refractivity contribution in [1.29, 1.82) is 0 Å². The van der Waals surface area contributed by atoms with E-state index >= 15 is 0 Å². The van der Waals surface area contributed by atoms with Crippen molar-refractivity contribution in [2.75, 3.05) is 5.73 Å². The maximum atomic E-state index is 13.5. The van der Waals surface area contributed by atoms with Gasteiger partial charge in [0.15, 0.2) is 11.6 Å². The van der Waals surface area contributed by atoms with Gasteiger partial charge in [0.2, 0.25) is 0 Å². The van der Waals surface area contributed by atoms with Gasteiger partial charge in [-0.3, -0.25) is 5.10 Å². The second kappa shape index (κ2) is 3.66. The number of anilines is 1. The smallest absolute Gasteiger partial charge is 0.192 e. The van der Waals surface area contributed by atoms with Crippen molar-refractivity contribution < 1.29 is 4.39 Å². The van der Waals surface area contributed by atoms with E-state index in [1.54, 1.807) is 0 Å². The molecule has 0 aliphatic heterocycles. The third kappa shape index (κ3) is 1.63. The Morgan fingerprint density at radius 2 is 2.20 bits per heavy atom. The lowest BCUT2D eigenvalue weighted by atomic mass is 10.1. The van der Waals surface area contributed by atoms with Gasteiger partial charge >= 0.3 is 0 Å². The Hall–Kier alpha value is -1.36. The lowest BCUT2D eigenvalue weighted by molar-refractivity contribution is 0.636. The van der Waals surface area contributed by atoms with Crippen molar-refractivity contribution >= 4 is 21.7 Å². The quantitative estimate of drug-likeness (QED) is 0.837. The lowest BCUT2D eigenvalue weighted by Crippen LogP contribution is -1.89. The molecule has 0 atom stereocenters. The van der Waals surface area contributed by atoms with E-state index in [9.17, 15) is 4.39 Å². The van der Waals surface area contributed by atoms with E-state index in [0.717, 1.165) is 15.6 Å². The molecule has 0 spiro atoms. The number of nitrogens with one attached hydrogen (secondary N) is 1. The first-order chi connectivity index (χ1) is 7.11. The average Bonchev–Trinajstić information content (AvgIpc) is 2.53. The summed E-state index contributed by atoms with van der Waals surface area (Å²) < 4.78 is 14.4. The number of aromatic nitrogens is 2. The molecular weight excluding hydrogens is 261 g/mol. The van der Waals surface area contributed by atoms with Crippen LogP contribution in [0.1, 0.15) is 5.56 Å². The zero-order valence-electron chi connectivity index (χ0n) is 8.01. The van der Waals surface area contributed by atoms with E-state index in [1.807, 2.05) is 25.1 Å². The molecule has 2 aromatic rings. The predicted octanol–water partition coefficient (Wildman–Crippen LogP) is 2.87. The molecule has 0 fully saturated rings. The van der Waals surface area contributed by atoms with Crippen LogP contribution in [0.4, 0.5) is 10.2 Å². The normalized spacial score (nSPS) is 10.6. The van der Waals surface area contributed by atoms with Crippen molar-refractivity contribution in [3.8, 4) is 11.3 Å². The highest BCUT2D eigenvalue weighted by molar-refractivity contribution is 9.10. The molecule has 3 N–H and O–H groups in total. The van der Waals surface area contributed by atoms with Gasteiger partial charge in [0, 0.05) is 10.0 Å². The average molecular weight is 270 g/mol. The summed E-state index contributed by atoms with van der Waals surface area (Å²) in [6.45, 7) is 1.90. The Kier molecular flexibility index (Phi) is 2.48. The molecule has 1 heterocycles. The number of hydrogen-bond donors (Lipinski definition) is 2. The summed E-state index contributed by atoms with van der Waals surface area (Å²) in [4.78, 5) is 0. The van der Waals surface area contributed by atoms with Gasteiger partial charge in [0.05, 0.1) is 0 Å². The fourth-order valence-corrected chi connectivity index (χ4v) is 1.77. The number of nitrogens with zero attached hydrogens (tertiary/aromatic N) is 1. The standard InChI is InChI=1S/C10H9BrFN3/c1-5-6(3-2-4-7(5)11)9-8(12)10(13)15-14-9/h2-4H,1H3,(H3,13,14,15). The Bertz CT molecular complexity index is 507. The van der Waals surface area contributed by atoms with Crippen LogP contribution in [0.5, 0.6) is 0 Å². The molecule has 0 radical (unpaired) electrons. The van der Waals surface area contributed by atoms with E-state index in [1.165, 1.54) is 0 Å². The van der Waals surface area contributed by atoms with Crippen molar-refractivity contribution in [3.63, 3.8) is 0 Å². The highest BCUT2D eigenvalue weighted by Crippen LogP contribution is 2.30. The maximum absolute atomic E-state index is 13.5. The molecule has 15 heavy (non-hydrogen) atoms. The Morgan fingerprint density at radius 1 is 1.47 bits per heavy atom. The van der Waals surface area contributed by atoms with Gasteiger partial charge in [0.25, 0.3) is 0 Å². The van der Waals surface area contributed by atoms with Crippen LogP contribution in [-0.2, 0) is 0 Å². The fourth-order valence-electron chi connectivity index (χ4n) is 1.40. The molecule has 1 aromatic carbocycles. The van der Waals surface area contributed by atoms with Crippen LogP contribution in [0.25, 0.3) is 11.3 Å². The third-order valence-corrected chi connectivity index (χ3v) is 3.13. The van der Waals surface area contributed by atoms with Crippen LogP contribution >= 0.6 is 15.9 Å². The first-order valence-electron chi connectivity index (χ1n) is 4.36. The minimum atomic E-state index is -0.504. The minimum Gasteiger partial charge on any atom is -0.380 e. The van der Waals surface area contributed by atoms with Gasteiger partial charge in [-0.2, -0.15) is 5.10 Å². The van der Waals surface area contributed by atoms with E-state index < -0.39 is 5.82 Å². The SMILES string of the molecule is Cc1c(Br)cccc1-c1[nH]nc(N)c1F. The van der Waals surface area contributed by atoms with Gasteiger partial charge in [-0.15, -0.1) is 0 Å². The monoisotopic (exact) mass is 269 g/mol. The van der Waals surface area contributed by atoms with Gasteiger partial charge in [0.1, 0.15) is 5.69 Å². The number of aromatic amines is 1. The van der Waals surface area contributed by atoms with Gasteiger partial charge in [-0.25, -0.2) is 4.39 Å². The molecular formula is C10H9BrFN3. The van der Waals surface area contributed by atoms with E-state index in [0.29, 0.717) is 5.69 Å². The number of nitrogen functional groups attached to an aromatic ring is 1. The number of hydrogen-bond acceptors (Lipinski definition) is 2. The van der Waals surface area contributed by atoms with Crippen LogP contribution in [0.3, 0.4) is 0 Å². The zero-order valence-corrected chi connectivity index (χ0v) is 9.60. The molecule has 2 rings (SSSR count). The van der Waals surface area contributed by atoms with Crippen molar-refractivity contribution in [3.05, 3.63) is 34.1 Å². The predicted molar refractivity (Wildman–Crippen MR) is 60.8 cm³/mol. The molecule has 0 saturated carbocycles. The molecule has 0 bridgehead atoms. The first-order valence-corrected chi connectivity index (χ1v) is 5.15. The number of rotatable bonds is 1. The van der Waals surface area contributed by atoms with Gasteiger partial charge in [-0.05, 0) is 18.6 Å². The van der Waals surface area contributed by atoms with Crippen LogP contribution in [-0.4, -0.2) is 10.2 Å². The molecule has 3 nitrogen and oxygen atoms in total. The summed E-state index contributed by atoms with van der Waals surface area (Å²) in [5, 5.41) is 6.21. The molecule has 0 amide bonds. The summed E-state index contributed by atoms with van der Waals surface area (Å²) in [6.07, 6.45) is 0. The highest BCUT2D eigenvalue weighted by Gasteiger charge is 2.14. The van der Waals surface area contributed by atoms with Crippen LogP contribution in [0.15, 0.2) is 22.7 Å². The van der Waals surface area contributed by atoms with E-state index in [-0.39, 0.29) is 5.82 Å². The number of benzene rings is 1. The Morgan fingerprint density at radius 3 is 2.80 bits per heavy atom. The number of nitrogens with two attached hydrogens (primary N) is 1. The lowest BCUT2D eigenvalue weighted by Gasteiger charge is -2.04.